The fraction of sp³-hybridized carbons (Fsp3) is 0.333. The molecule has 8 nitrogen and oxygen atoms in total. The minimum atomic E-state index is -1.82. The van der Waals surface area contributed by atoms with E-state index in [2.05, 4.69) is 54.6 Å². The lowest BCUT2D eigenvalue weighted by molar-refractivity contribution is -0.159. The third kappa shape index (κ3) is 8.52. The molecule has 29 heavy (non-hydrogen) atoms. The first-order chi connectivity index (χ1) is 13.8. The monoisotopic (exact) mass is 404 g/mol. The van der Waals surface area contributed by atoms with Crippen molar-refractivity contribution < 1.29 is 29.3 Å². The Bertz CT molecular complexity index is 778. The number of benzene rings is 2. The van der Waals surface area contributed by atoms with Crippen molar-refractivity contribution in [1.29, 1.82) is 0 Å². The first-order valence-corrected chi connectivity index (χ1v) is 8.92. The molecule has 0 radical (unpaired) electrons. The van der Waals surface area contributed by atoms with Gasteiger partial charge in [0.25, 0.3) is 0 Å². The van der Waals surface area contributed by atoms with Crippen molar-refractivity contribution in [2.45, 2.75) is 13.0 Å². The van der Waals surface area contributed by atoms with E-state index in [9.17, 15) is 0 Å². The molecule has 0 aliphatic heterocycles. The second-order valence-electron chi connectivity index (χ2n) is 6.29. The van der Waals surface area contributed by atoms with E-state index in [1.165, 1.54) is 16.8 Å². The van der Waals surface area contributed by atoms with Crippen LogP contribution in [0.4, 0.5) is 5.69 Å². The van der Waals surface area contributed by atoms with Crippen LogP contribution in [0.15, 0.2) is 42.5 Å². The summed E-state index contributed by atoms with van der Waals surface area (Å²) >= 11 is 0. The molecule has 3 N–H and O–H groups in total. The number of nitrogens with zero attached hydrogens (tertiary/aromatic N) is 1. The standard InChI is InChI=1S/C19H26N2O2.C2H2O4/c1-21(2)17-8-5-16(6-9-17)14-20-12-11-15-7-10-18(22-3)19(13-15)23-4;3-1(4)2(5)6/h5-10,13,20H,11-12,14H2,1-4H3;(H,3,4)(H,5,6). The van der Waals surface area contributed by atoms with Crippen LogP contribution in [-0.4, -0.2) is 57.0 Å². The van der Waals surface area contributed by atoms with Crippen LogP contribution in [0.2, 0.25) is 0 Å². The number of carbonyl (C=O) groups is 2. The molecule has 0 aromatic heterocycles. The summed E-state index contributed by atoms with van der Waals surface area (Å²) in [5, 5.41) is 18.3. The molecule has 0 aliphatic rings. The Hall–Kier alpha value is -3.26. The molecular formula is C21H28N2O6. The third-order valence-corrected chi connectivity index (χ3v) is 4.00. The molecule has 8 heteroatoms. The largest absolute Gasteiger partial charge is 0.493 e. The van der Waals surface area contributed by atoms with E-state index in [1.807, 2.05) is 12.1 Å². The van der Waals surface area contributed by atoms with Crippen molar-refractivity contribution in [1.82, 2.24) is 5.32 Å². The second-order valence-corrected chi connectivity index (χ2v) is 6.29. The number of hydrogen-bond acceptors (Lipinski definition) is 6. The molecule has 0 heterocycles. The Morgan fingerprint density at radius 1 is 0.897 bits per heavy atom. The Labute approximate surface area is 170 Å². The van der Waals surface area contributed by atoms with Gasteiger partial charge in [-0.25, -0.2) is 9.59 Å². The summed E-state index contributed by atoms with van der Waals surface area (Å²) in [5.74, 6) is -2.10. The number of aliphatic carboxylic acids is 2. The SMILES string of the molecule is COc1ccc(CCNCc2ccc(N(C)C)cc2)cc1OC.O=C(O)C(=O)O. The van der Waals surface area contributed by atoms with Crippen LogP contribution < -0.4 is 19.7 Å². The second kappa shape index (κ2) is 12.2. The van der Waals surface area contributed by atoms with E-state index in [-0.39, 0.29) is 0 Å². The zero-order valence-corrected chi connectivity index (χ0v) is 17.1. The van der Waals surface area contributed by atoms with Crippen LogP contribution >= 0.6 is 0 Å². The zero-order chi connectivity index (χ0) is 21.8. The molecule has 0 unspecified atom stereocenters. The van der Waals surface area contributed by atoms with E-state index in [0.717, 1.165) is 31.0 Å². The molecule has 0 saturated heterocycles. The van der Waals surface area contributed by atoms with Gasteiger partial charge in [0.05, 0.1) is 14.2 Å². The Morgan fingerprint density at radius 3 is 1.93 bits per heavy atom. The highest BCUT2D eigenvalue weighted by Gasteiger charge is 2.05. The Kier molecular flexibility index (Phi) is 10.0. The predicted octanol–water partition coefficient (Wildman–Crippen LogP) is 2.26. The van der Waals surface area contributed by atoms with Crippen LogP contribution in [0.25, 0.3) is 0 Å². The van der Waals surface area contributed by atoms with Gasteiger partial charge in [-0.15, -0.1) is 0 Å². The molecule has 0 amide bonds. The maximum Gasteiger partial charge on any atom is 0.414 e. The summed E-state index contributed by atoms with van der Waals surface area (Å²) in [6.07, 6.45) is 0.954. The number of carboxylic acid groups (broad SMARTS) is 2. The van der Waals surface area contributed by atoms with Crippen molar-refractivity contribution in [3.05, 3.63) is 53.6 Å². The first kappa shape index (κ1) is 23.8. The number of hydrogen-bond donors (Lipinski definition) is 3. The predicted molar refractivity (Wildman–Crippen MR) is 111 cm³/mol. The lowest BCUT2D eigenvalue weighted by Crippen LogP contribution is -2.17. The summed E-state index contributed by atoms with van der Waals surface area (Å²) in [6, 6.07) is 14.7. The van der Waals surface area contributed by atoms with Gasteiger partial charge in [0, 0.05) is 26.3 Å². The fourth-order valence-corrected chi connectivity index (χ4v) is 2.41. The van der Waals surface area contributed by atoms with Crippen molar-refractivity contribution in [3.63, 3.8) is 0 Å². The van der Waals surface area contributed by atoms with Crippen LogP contribution in [-0.2, 0) is 22.6 Å². The van der Waals surface area contributed by atoms with Gasteiger partial charge in [-0.2, -0.15) is 0 Å². The van der Waals surface area contributed by atoms with E-state index < -0.39 is 11.9 Å². The minimum Gasteiger partial charge on any atom is -0.493 e. The van der Waals surface area contributed by atoms with Gasteiger partial charge in [0.15, 0.2) is 11.5 Å². The van der Waals surface area contributed by atoms with Crippen LogP contribution in [0.1, 0.15) is 11.1 Å². The molecule has 2 aromatic rings. The van der Waals surface area contributed by atoms with Crippen LogP contribution in [0.3, 0.4) is 0 Å². The van der Waals surface area contributed by atoms with E-state index in [4.69, 9.17) is 29.3 Å². The van der Waals surface area contributed by atoms with Gasteiger partial charge < -0.3 is 29.9 Å². The normalized spacial score (nSPS) is 9.79. The van der Waals surface area contributed by atoms with Gasteiger partial charge >= 0.3 is 11.9 Å². The first-order valence-electron chi connectivity index (χ1n) is 8.92. The fourth-order valence-electron chi connectivity index (χ4n) is 2.41. The van der Waals surface area contributed by atoms with Crippen molar-refractivity contribution in [2.24, 2.45) is 0 Å². The number of anilines is 1. The van der Waals surface area contributed by atoms with Gasteiger partial charge in [0.1, 0.15) is 0 Å². The number of nitrogens with one attached hydrogen (secondary N) is 1. The Balaban J connectivity index is 0.000000612. The summed E-state index contributed by atoms with van der Waals surface area (Å²) < 4.78 is 10.6. The summed E-state index contributed by atoms with van der Waals surface area (Å²) in [6.45, 7) is 1.80. The van der Waals surface area contributed by atoms with Crippen molar-refractivity contribution in [2.75, 3.05) is 39.8 Å². The summed E-state index contributed by atoms with van der Waals surface area (Å²) in [7, 11) is 7.42. The van der Waals surface area contributed by atoms with Crippen molar-refractivity contribution in [3.8, 4) is 11.5 Å². The van der Waals surface area contributed by atoms with E-state index >= 15 is 0 Å². The zero-order valence-electron chi connectivity index (χ0n) is 17.1. The van der Waals surface area contributed by atoms with Gasteiger partial charge in [0.2, 0.25) is 0 Å². The molecule has 158 valence electrons. The highest BCUT2D eigenvalue weighted by Crippen LogP contribution is 2.27. The van der Waals surface area contributed by atoms with Gasteiger partial charge in [-0.05, 0) is 48.4 Å². The van der Waals surface area contributed by atoms with Crippen molar-refractivity contribution >= 4 is 17.6 Å². The average molecular weight is 404 g/mol. The van der Waals surface area contributed by atoms with Gasteiger partial charge in [-0.3, -0.25) is 0 Å². The summed E-state index contributed by atoms with van der Waals surface area (Å²) in [5.41, 5.74) is 3.75. The summed E-state index contributed by atoms with van der Waals surface area (Å²) in [4.78, 5) is 20.3. The van der Waals surface area contributed by atoms with Crippen LogP contribution in [0, 0.1) is 0 Å². The molecule has 0 aliphatic carbocycles. The molecule has 2 aromatic carbocycles. The lowest BCUT2D eigenvalue weighted by atomic mass is 10.1. The average Bonchev–Trinajstić information content (AvgIpc) is 2.71. The van der Waals surface area contributed by atoms with Gasteiger partial charge in [-0.1, -0.05) is 18.2 Å². The maximum atomic E-state index is 9.10. The molecule has 0 atom stereocenters. The number of methoxy groups -OCH3 is 2. The number of carboxylic acids is 2. The molecule has 0 saturated carbocycles. The third-order valence-electron chi connectivity index (χ3n) is 4.00. The molecular weight excluding hydrogens is 376 g/mol. The Morgan fingerprint density at radius 2 is 1.45 bits per heavy atom. The number of ether oxygens (including phenoxy) is 2. The van der Waals surface area contributed by atoms with E-state index in [1.54, 1.807) is 14.2 Å². The molecule has 0 spiro atoms. The van der Waals surface area contributed by atoms with Crippen LogP contribution in [0.5, 0.6) is 11.5 Å². The molecule has 2 rings (SSSR count). The topological polar surface area (TPSA) is 108 Å². The highest BCUT2D eigenvalue weighted by atomic mass is 16.5. The number of rotatable bonds is 8. The van der Waals surface area contributed by atoms with E-state index in [0.29, 0.717) is 0 Å². The molecule has 0 fully saturated rings. The quantitative estimate of drug-likeness (QED) is 0.454. The minimum absolute atomic E-state index is 0.769. The highest BCUT2D eigenvalue weighted by molar-refractivity contribution is 6.27. The maximum absolute atomic E-state index is 9.10. The molecule has 0 bridgehead atoms. The smallest absolute Gasteiger partial charge is 0.414 e. The lowest BCUT2D eigenvalue weighted by Gasteiger charge is -2.13.